The molecular formula is C18H32O. The van der Waals surface area contributed by atoms with Crippen LogP contribution in [0, 0.1) is 5.92 Å². The largest absolute Gasteiger partial charge is 0.390 e. The summed E-state index contributed by atoms with van der Waals surface area (Å²) in [4.78, 5) is 0. The highest BCUT2D eigenvalue weighted by molar-refractivity contribution is 5.04. The van der Waals surface area contributed by atoms with Crippen LogP contribution in [-0.4, -0.2) is 10.7 Å². The van der Waals surface area contributed by atoms with Crippen molar-refractivity contribution in [2.45, 2.75) is 83.7 Å². The molecule has 2 atom stereocenters. The number of unbranched alkanes of at least 4 members (excludes halogenated alkanes) is 4. The maximum atomic E-state index is 10.7. The monoisotopic (exact) mass is 264 g/mol. The molecule has 0 saturated heterocycles. The van der Waals surface area contributed by atoms with E-state index >= 15 is 0 Å². The normalized spacial score (nSPS) is 26.6. The zero-order valence-electron chi connectivity index (χ0n) is 13.0. The minimum absolute atomic E-state index is 0.430. The van der Waals surface area contributed by atoms with Crippen LogP contribution in [0.2, 0.25) is 0 Å². The van der Waals surface area contributed by atoms with Crippen LogP contribution in [0.15, 0.2) is 24.3 Å². The molecule has 0 saturated carbocycles. The number of rotatable bonds is 9. The summed E-state index contributed by atoms with van der Waals surface area (Å²) in [5.74, 6) is 0.547. The number of hydrogen-bond donors (Lipinski definition) is 1. The van der Waals surface area contributed by atoms with E-state index < -0.39 is 5.60 Å². The fourth-order valence-electron chi connectivity index (χ4n) is 3.01. The summed E-state index contributed by atoms with van der Waals surface area (Å²) in [5, 5.41) is 10.7. The molecule has 0 heterocycles. The first kappa shape index (κ1) is 16.5. The van der Waals surface area contributed by atoms with E-state index in [1.807, 2.05) is 0 Å². The Hall–Kier alpha value is -0.560. The lowest BCUT2D eigenvalue weighted by molar-refractivity contribution is 0.00681. The molecule has 0 radical (unpaired) electrons. The van der Waals surface area contributed by atoms with Crippen LogP contribution in [0.1, 0.15) is 78.1 Å². The summed E-state index contributed by atoms with van der Waals surface area (Å²) in [6, 6.07) is 0. The highest BCUT2D eigenvalue weighted by atomic mass is 16.3. The second-order valence-electron chi connectivity index (χ2n) is 6.48. The summed E-state index contributed by atoms with van der Waals surface area (Å²) < 4.78 is 0. The van der Waals surface area contributed by atoms with Crippen molar-refractivity contribution in [3.05, 3.63) is 24.3 Å². The molecular weight excluding hydrogens is 232 g/mol. The highest BCUT2D eigenvalue weighted by Crippen LogP contribution is 2.34. The molecule has 0 fully saturated rings. The van der Waals surface area contributed by atoms with Gasteiger partial charge in [0.1, 0.15) is 0 Å². The second-order valence-corrected chi connectivity index (χ2v) is 6.48. The molecule has 19 heavy (non-hydrogen) atoms. The van der Waals surface area contributed by atoms with Crippen molar-refractivity contribution in [2.75, 3.05) is 0 Å². The molecule has 1 N–H and O–H groups in total. The summed E-state index contributed by atoms with van der Waals surface area (Å²) in [6.07, 6.45) is 15.9. The predicted molar refractivity (Wildman–Crippen MR) is 84.2 cm³/mol. The lowest BCUT2D eigenvalue weighted by Gasteiger charge is -2.34. The van der Waals surface area contributed by atoms with Gasteiger partial charge in [-0.05, 0) is 44.9 Å². The first-order chi connectivity index (χ1) is 9.06. The van der Waals surface area contributed by atoms with E-state index in [0.29, 0.717) is 5.92 Å². The molecule has 0 amide bonds. The van der Waals surface area contributed by atoms with Crippen LogP contribution in [0.4, 0.5) is 0 Å². The molecule has 1 heteroatoms. The van der Waals surface area contributed by atoms with E-state index in [2.05, 4.69) is 32.6 Å². The minimum atomic E-state index is -0.430. The molecule has 110 valence electrons. The standard InChI is InChI=1S/C18H32O/c1-4-5-6-7-8-13-18(19)14-9-10-17(15-18)12-11-16(2)3/h9-10,17,19H,2,4-8,11-15H2,1,3H3/t17-,18+/m1/s1. The first-order valence-corrected chi connectivity index (χ1v) is 8.09. The Labute approximate surface area is 119 Å². The van der Waals surface area contributed by atoms with Crippen molar-refractivity contribution in [1.82, 2.24) is 0 Å². The van der Waals surface area contributed by atoms with Gasteiger partial charge in [0.15, 0.2) is 0 Å². The van der Waals surface area contributed by atoms with Gasteiger partial charge in [0.2, 0.25) is 0 Å². The van der Waals surface area contributed by atoms with E-state index in [-0.39, 0.29) is 0 Å². The molecule has 0 aromatic rings. The zero-order valence-corrected chi connectivity index (χ0v) is 13.0. The van der Waals surface area contributed by atoms with Crippen LogP contribution in [0.5, 0.6) is 0 Å². The van der Waals surface area contributed by atoms with Gasteiger partial charge in [-0.2, -0.15) is 0 Å². The Morgan fingerprint density at radius 1 is 1.32 bits per heavy atom. The van der Waals surface area contributed by atoms with E-state index in [9.17, 15) is 5.11 Å². The molecule has 1 aliphatic carbocycles. The van der Waals surface area contributed by atoms with E-state index in [0.717, 1.165) is 32.1 Å². The smallest absolute Gasteiger partial charge is 0.0687 e. The van der Waals surface area contributed by atoms with Gasteiger partial charge in [-0.1, -0.05) is 56.8 Å². The molecule has 1 aliphatic rings. The summed E-state index contributed by atoms with van der Waals surface area (Å²) in [7, 11) is 0. The van der Waals surface area contributed by atoms with Gasteiger partial charge < -0.3 is 5.11 Å². The quantitative estimate of drug-likeness (QED) is 0.436. The lowest BCUT2D eigenvalue weighted by atomic mass is 9.78. The fourth-order valence-corrected chi connectivity index (χ4v) is 3.01. The van der Waals surface area contributed by atoms with Crippen LogP contribution in [0.3, 0.4) is 0 Å². The van der Waals surface area contributed by atoms with Gasteiger partial charge in [0.25, 0.3) is 0 Å². The second kappa shape index (κ2) is 8.58. The Balaban J connectivity index is 2.28. The maximum absolute atomic E-state index is 10.7. The van der Waals surface area contributed by atoms with Gasteiger partial charge in [-0.15, -0.1) is 6.58 Å². The van der Waals surface area contributed by atoms with Gasteiger partial charge >= 0.3 is 0 Å². The van der Waals surface area contributed by atoms with Crippen LogP contribution < -0.4 is 0 Å². The van der Waals surface area contributed by atoms with E-state index in [1.165, 1.54) is 37.7 Å². The number of aliphatic hydroxyl groups is 1. The van der Waals surface area contributed by atoms with Gasteiger partial charge in [0, 0.05) is 0 Å². The average Bonchev–Trinajstić information content (AvgIpc) is 2.36. The number of hydrogen-bond acceptors (Lipinski definition) is 1. The van der Waals surface area contributed by atoms with E-state index in [1.54, 1.807) is 0 Å². The zero-order chi connectivity index (χ0) is 14.1. The topological polar surface area (TPSA) is 20.2 Å². The highest BCUT2D eigenvalue weighted by Gasteiger charge is 2.30. The summed E-state index contributed by atoms with van der Waals surface area (Å²) >= 11 is 0. The molecule has 0 aromatic carbocycles. The Bertz CT molecular complexity index is 292. The molecule has 0 spiro atoms. The SMILES string of the molecule is C=C(C)CC[C@H]1C=CC[C@@](O)(CCCCCCC)C1. The molecule has 0 bridgehead atoms. The van der Waals surface area contributed by atoms with Crippen molar-refractivity contribution in [2.24, 2.45) is 5.92 Å². The van der Waals surface area contributed by atoms with Gasteiger partial charge in [-0.3, -0.25) is 0 Å². The third-order valence-electron chi connectivity index (χ3n) is 4.24. The molecule has 1 rings (SSSR count). The summed E-state index contributed by atoms with van der Waals surface area (Å²) in [6.45, 7) is 8.30. The van der Waals surface area contributed by atoms with Crippen LogP contribution >= 0.6 is 0 Å². The minimum Gasteiger partial charge on any atom is -0.390 e. The third kappa shape index (κ3) is 6.96. The summed E-state index contributed by atoms with van der Waals surface area (Å²) in [5.41, 5.74) is 0.822. The van der Waals surface area contributed by atoms with Crippen molar-refractivity contribution in [3.63, 3.8) is 0 Å². The number of allylic oxidation sites excluding steroid dienone is 2. The average molecular weight is 264 g/mol. The molecule has 0 unspecified atom stereocenters. The molecule has 0 aromatic heterocycles. The third-order valence-corrected chi connectivity index (χ3v) is 4.24. The van der Waals surface area contributed by atoms with Crippen molar-refractivity contribution >= 4 is 0 Å². The lowest BCUT2D eigenvalue weighted by Crippen LogP contribution is -2.33. The fraction of sp³-hybridized carbons (Fsp3) is 0.778. The van der Waals surface area contributed by atoms with Gasteiger partial charge in [0.05, 0.1) is 5.60 Å². The van der Waals surface area contributed by atoms with Crippen molar-refractivity contribution in [3.8, 4) is 0 Å². The van der Waals surface area contributed by atoms with Crippen molar-refractivity contribution in [1.29, 1.82) is 0 Å². The van der Waals surface area contributed by atoms with Gasteiger partial charge in [-0.25, -0.2) is 0 Å². The predicted octanol–water partition coefficient (Wildman–Crippen LogP) is 5.40. The Morgan fingerprint density at radius 2 is 2.05 bits per heavy atom. The van der Waals surface area contributed by atoms with Crippen molar-refractivity contribution < 1.29 is 5.11 Å². The Kier molecular flexibility index (Phi) is 7.45. The van der Waals surface area contributed by atoms with Crippen LogP contribution in [0.25, 0.3) is 0 Å². The molecule has 1 nitrogen and oxygen atoms in total. The Morgan fingerprint density at radius 3 is 2.74 bits per heavy atom. The first-order valence-electron chi connectivity index (χ1n) is 8.09. The maximum Gasteiger partial charge on any atom is 0.0687 e. The van der Waals surface area contributed by atoms with E-state index in [4.69, 9.17) is 0 Å². The molecule has 0 aliphatic heterocycles. The van der Waals surface area contributed by atoms with Crippen LogP contribution in [-0.2, 0) is 0 Å².